The minimum atomic E-state index is 0.879. The fourth-order valence-corrected chi connectivity index (χ4v) is 2.16. The molecule has 4 heteroatoms. The highest BCUT2D eigenvalue weighted by atomic mass is 32.1. The predicted octanol–water partition coefficient (Wildman–Crippen LogP) is 2.86. The molecule has 3 nitrogen and oxygen atoms in total. The van der Waals surface area contributed by atoms with Gasteiger partial charge >= 0.3 is 0 Å². The van der Waals surface area contributed by atoms with Crippen LogP contribution in [0.2, 0.25) is 0 Å². The summed E-state index contributed by atoms with van der Waals surface area (Å²) >= 11 is 1.61. The summed E-state index contributed by atoms with van der Waals surface area (Å²) < 4.78 is 5.30. The van der Waals surface area contributed by atoms with Gasteiger partial charge in [-0.05, 0) is 12.1 Å². The molecule has 0 radical (unpaired) electrons. The van der Waals surface area contributed by atoms with E-state index < -0.39 is 0 Å². The van der Waals surface area contributed by atoms with E-state index in [1.807, 2.05) is 37.5 Å². The second-order valence-electron chi connectivity index (χ2n) is 2.98. The van der Waals surface area contributed by atoms with Gasteiger partial charge < -0.3 is 10.1 Å². The lowest BCUT2D eigenvalue weighted by Gasteiger charge is -2.04. The highest BCUT2D eigenvalue weighted by Crippen LogP contribution is 2.34. The SMILES string of the molecule is CNc1ncc(-c2ccccc2OC)s1. The normalized spacial score (nSPS) is 10.0. The van der Waals surface area contributed by atoms with E-state index in [0.717, 1.165) is 21.3 Å². The number of rotatable bonds is 3. The van der Waals surface area contributed by atoms with Crippen molar-refractivity contribution in [1.29, 1.82) is 0 Å². The number of nitrogens with zero attached hydrogens (tertiary/aromatic N) is 1. The topological polar surface area (TPSA) is 34.2 Å². The minimum absolute atomic E-state index is 0.879. The van der Waals surface area contributed by atoms with Gasteiger partial charge in [0.05, 0.1) is 12.0 Å². The fraction of sp³-hybridized carbons (Fsp3) is 0.182. The van der Waals surface area contributed by atoms with Gasteiger partial charge in [-0.3, -0.25) is 0 Å². The van der Waals surface area contributed by atoms with Crippen LogP contribution in [-0.2, 0) is 0 Å². The molecule has 0 bridgehead atoms. The zero-order valence-electron chi connectivity index (χ0n) is 8.65. The van der Waals surface area contributed by atoms with Crippen molar-refractivity contribution in [2.45, 2.75) is 0 Å². The van der Waals surface area contributed by atoms with E-state index in [1.54, 1.807) is 18.4 Å². The summed E-state index contributed by atoms with van der Waals surface area (Å²) in [4.78, 5) is 5.35. The Labute approximate surface area is 92.7 Å². The van der Waals surface area contributed by atoms with Crippen LogP contribution in [0.1, 0.15) is 0 Å². The number of anilines is 1. The van der Waals surface area contributed by atoms with Crippen LogP contribution in [0.4, 0.5) is 5.13 Å². The van der Waals surface area contributed by atoms with Crippen LogP contribution in [0.5, 0.6) is 5.75 Å². The van der Waals surface area contributed by atoms with E-state index in [2.05, 4.69) is 10.3 Å². The summed E-state index contributed by atoms with van der Waals surface area (Å²) in [6, 6.07) is 7.94. The van der Waals surface area contributed by atoms with Crippen molar-refractivity contribution < 1.29 is 4.74 Å². The minimum Gasteiger partial charge on any atom is -0.496 e. The molecule has 1 N–H and O–H groups in total. The maximum absolute atomic E-state index is 5.30. The molecule has 0 aliphatic heterocycles. The molecule has 0 fully saturated rings. The number of aromatic nitrogens is 1. The van der Waals surface area contributed by atoms with Crippen molar-refractivity contribution in [3.8, 4) is 16.2 Å². The van der Waals surface area contributed by atoms with Crippen LogP contribution in [0.25, 0.3) is 10.4 Å². The Bertz CT molecular complexity index is 453. The zero-order valence-corrected chi connectivity index (χ0v) is 9.47. The van der Waals surface area contributed by atoms with Gasteiger partial charge in [0.1, 0.15) is 5.75 Å². The average Bonchev–Trinajstić information content (AvgIpc) is 2.77. The lowest BCUT2D eigenvalue weighted by molar-refractivity contribution is 0.416. The lowest BCUT2D eigenvalue weighted by Crippen LogP contribution is -1.85. The zero-order chi connectivity index (χ0) is 10.7. The number of hydrogen-bond donors (Lipinski definition) is 1. The van der Waals surface area contributed by atoms with Gasteiger partial charge in [-0.1, -0.05) is 23.5 Å². The molecule has 0 saturated heterocycles. The van der Waals surface area contributed by atoms with Gasteiger partial charge in [-0.25, -0.2) is 4.98 Å². The van der Waals surface area contributed by atoms with Gasteiger partial charge in [0.15, 0.2) is 5.13 Å². The smallest absolute Gasteiger partial charge is 0.182 e. The van der Waals surface area contributed by atoms with Crippen LogP contribution in [0, 0.1) is 0 Å². The molecular weight excluding hydrogens is 208 g/mol. The van der Waals surface area contributed by atoms with Crippen molar-refractivity contribution in [3.63, 3.8) is 0 Å². The highest BCUT2D eigenvalue weighted by Gasteiger charge is 2.07. The molecule has 1 heterocycles. The predicted molar refractivity (Wildman–Crippen MR) is 63.6 cm³/mol. The first-order valence-electron chi connectivity index (χ1n) is 4.62. The van der Waals surface area contributed by atoms with Crippen LogP contribution in [0.3, 0.4) is 0 Å². The molecule has 0 aliphatic carbocycles. The van der Waals surface area contributed by atoms with Crippen LogP contribution in [-0.4, -0.2) is 19.1 Å². The van der Waals surface area contributed by atoms with Gasteiger partial charge in [0.25, 0.3) is 0 Å². The Morgan fingerprint density at radius 1 is 1.33 bits per heavy atom. The quantitative estimate of drug-likeness (QED) is 0.863. The standard InChI is InChI=1S/C11H12N2OS/c1-12-11-13-7-10(15-11)8-5-3-4-6-9(8)14-2/h3-7H,1-2H3,(H,12,13). The maximum atomic E-state index is 5.30. The molecule has 1 aromatic heterocycles. The summed E-state index contributed by atoms with van der Waals surface area (Å²) in [6.07, 6.45) is 1.86. The van der Waals surface area contributed by atoms with E-state index in [-0.39, 0.29) is 0 Å². The van der Waals surface area contributed by atoms with E-state index in [9.17, 15) is 0 Å². The number of benzene rings is 1. The largest absolute Gasteiger partial charge is 0.496 e. The Morgan fingerprint density at radius 2 is 2.13 bits per heavy atom. The van der Waals surface area contributed by atoms with Crippen molar-refractivity contribution in [3.05, 3.63) is 30.5 Å². The molecule has 15 heavy (non-hydrogen) atoms. The maximum Gasteiger partial charge on any atom is 0.182 e. The van der Waals surface area contributed by atoms with Gasteiger partial charge in [0, 0.05) is 18.8 Å². The second-order valence-corrected chi connectivity index (χ2v) is 4.01. The first-order chi connectivity index (χ1) is 7.35. The molecule has 1 aromatic carbocycles. The third-order valence-electron chi connectivity index (χ3n) is 2.09. The number of para-hydroxylation sites is 1. The third-order valence-corrected chi connectivity index (χ3v) is 3.14. The summed E-state index contributed by atoms with van der Waals surface area (Å²) in [5.41, 5.74) is 1.08. The Kier molecular flexibility index (Phi) is 2.87. The van der Waals surface area contributed by atoms with Crippen molar-refractivity contribution in [2.75, 3.05) is 19.5 Å². The summed E-state index contributed by atoms with van der Waals surface area (Å²) in [5, 5.41) is 3.93. The number of thiazole rings is 1. The Hall–Kier alpha value is -1.55. The molecule has 0 amide bonds. The number of ether oxygens (including phenoxy) is 1. The van der Waals surface area contributed by atoms with Gasteiger partial charge in [0.2, 0.25) is 0 Å². The Morgan fingerprint density at radius 3 is 2.80 bits per heavy atom. The second kappa shape index (κ2) is 4.31. The monoisotopic (exact) mass is 220 g/mol. The Balaban J connectivity index is 2.44. The fourth-order valence-electron chi connectivity index (χ4n) is 1.36. The van der Waals surface area contributed by atoms with E-state index in [0.29, 0.717) is 0 Å². The summed E-state index contributed by atoms with van der Waals surface area (Å²) in [6.45, 7) is 0. The molecule has 0 saturated carbocycles. The van der Waals surface area contributed by atoms with Crippen molar-refractivity contribution in [2.24, 2.45) is 0 Å². The molecule has 0 spiro atoms. The van der Waals surface area contributed by atoms with Crippen LogP contribution in [0.15, 0.2) is 30.5 Å². The van der Waals surface area contributed by atoms with Crippen molar-refractivity contribution >= 4 is 16.5 Å². The summed E-state index contributed by atoms with van der Waals surface area (Å²) in [5.74, 6) is 0.879. The van der Waals surface area contributed by atoms with Crippen LogP contribution < -0.4 is 10.1 Å². The summed E-state index contributed by atoms with van der Waals surface area (Å²) in [7, 11) is 3.55. The number of methoxy groups -OCH3 is 1. The molecule has 0 unspecified atom stereocenters. The molecule has 0 atom stereocenters. The molecule has 0 aliphatic rings. The first-order valence-corrected chi connectivity index (χ1v) is 5.43. The lowest BCUT2D eigenvalue weighted by atomic mass is 10.2. The van der Waals surface area contributed by atoms with E-state index in [4.69, 9.17) is 4.74 Å². The number of nitrogens with one attached hydrogen (secondary N) is 1. The average molecular weight is 220 g/mol. The van der Waals surface area contributed by atoms with E-state index >= 15 is 0 Å². The highest BCUT2D eigenvalue weighted by molar-refractivity contribution is 7.18. The third kappa shape index (κ3) is 1.94. The van der Waals surface area contributed by atoms with Crippen molar-refractivity contribution in [1.82, 2.24) is 4.98 Å². The van der Waals surface area contributed by atoms with E-state index in [1.165, 1.54) is 0 Å². The molecule has 2 rings (SSSR count). The molecular formula is C11H12N2OS. The first kappa shape index (κ1) is 9.98. The number of hydrogen-bond acceptors (Lipinski definition) is 4. The molecule has 78 valence electrons. The molecule has 2 aromatic rings. The van der Waals surface area contributed by atoms with Crippen LogP contribution >= 0.6 is 11.3 Å². The van der Waals surface area contributed by atoms with Gasteiger partial charge in [-0.2, -0.15) is 0 Å². The van der Waals surface area contributed by atoms with Gasteiger partial charge in [-0.15, -0.1) is 0 Å².